The molecule has 15 heavy (non-hydrogen) atoms. The summed E-state index contributed by atoms with van der Waals surface area (Å²) in [7, 11) is 0. The summed E-state index contributed by atoms with van der Waals surface area (Å²) in [6.07, 6.45) is 2.56. The SMILES string of the molecule is Nc1ncc(Cc2ccc(Cl)c(Cl)c2)s1. The van der Waals surface area contributed by atoms with Crippen molar-refractivity contribution in [2.75, 3.05) is 5.73 Å². The minimum atomic E-state index is 0.573. The maximum absolute atomic E-state index is 5.92. The van der Waals surface area contributed by atoms with Crippen molar-refractivity contribution >= 4 is 39.7 Å². The van der Waals surface area contributed by atoms with Gasteiger partial charge in [-0.15, -0.1) is 11.3 Å². The average molecular weight is 259 g/mol. The zero-order chi connectivity index (χ0) is 10.8. The fourth-order valence-corrected chi connectivity index (χ4v) is 2.29. The van der Waals surface area contributed by atoms with Crippen LogP contribution in [0.2, 0.25) is 10.0 Å². The minimum Gasteiger partial charge on any atom is -0.375 e. The maximum atomic E-state index is 5.92. The second kappa shape index (κ2) is 4.39. The van der Waals surface area contributed by atoms with Gasteiger partial charge in [0.25, 0.3) is 0 Å². The van der Waals surface area contributed by atoms with Gasteiger partial charge in [-0.1, -0.05) is 29.3 Å². The Kier molecular flexibility index (Phi) is 3.14. The van der Waals surface area contributed by atoms with Crippen LogP contribution < -0.4 is 5.73 Å². The number of nitrogens with zero attached hydrogens (tertiary/aromatic N) is 1. The zero-order valence-corrected chi connectivity index (χ0v) is 10.0. The molecule has 0 atom stereocenters. The summed E-state index contributed by atoms with van der Waals surface area (Å²) in [6.45, 7) is 0. The van der Waals surface area contributed by atoms with Crippen LogP contribution in [-0.2, 0) is 6.42 Å². The Morgan fingerprint density at radius 3 is 2.67 bits per heavy atom. The molecule has 0 saturated heterocycles. The van der Waals surface area contributed by atoms with Crippen LogP contribution >= 0.6 is 34.5 Å². The molecule has 0 aliphatic carbocycles. The standard InChI is InChI=1S/C10H8Cl2N2S/c11-8-2-1-6(4-9(8)12)3-7-5-14-10(13)15-7/h1-2,4-5H,3H2,(H2,13,14). The van der Waals surface area contributed by atoms with Crippen LogP contribution in [0.25, 0.3) is 0 Å². The number of nitrogens with two attached hydrogens (primary N) is 1. The fraction of sp³-hybridized carbons (Fsp3) is 0.100. The largest absolute Gasteiger partial charge is 0.375 e. The van der Waals surface area contributed by atoms with E-state index >= 15 is 0 Å². The molecule has 2 nitrogen and oxygen atoms in total. The molecule has 0 radical (unpaired) electrons. The Labute approximate surface area is 102 Å². The molecule has 2 N–H and O–H groups in total. The van der Waals surface area contributed by atoms with E-state index in [1.807, 2.05) is 12.1 Å². The molecule has 1 aromatic heterocycles. The van der Waals surface area contributed by atoms with Gasteiger partial charge in [0.2, 0.25) is 0 Å². The number of anilines is 1. The molecule has 0 aliphatic rings. The van der Waals surface area contributed by atoms with E-state index in [0.717, 1.165) is 16.9 Å². The number of benzene rings is 1. The van der Waals surface area contributed by atoms with Crippen molar-refractivity contribution in [3.05, 3.63) is 44.9 Å². The van der Waals surface area contributed by atoms with Crippen LogP contribution in [0.15, 0.2) is 24.4 Å². The number of hydrogen-bond acceptors (Lipinski definition) is 3. The van der Waals surface area contributed by atoms with Gasteiger partial charge < -0.3 is 5.73 Å². The highest BCUT2D eigenvalue weighted by Crippen LogP contribution is 2.25. The monoisotopic (exact) mass is 258 g/mol. The van der Waals surface area contributed by atoms with E-state index in [0.29, 0.717) is 15.2 Å². The molecule has 2 aromatic rings. The third kappa shape index (κ3) is 2.62. The maximum Gasteiger partial charge on any atom is 0.180 e. The molecule has 0 fully saturated rings. The lowest BCUT2D eigenvalue weighted by Crippen LogP contribution is -1.84. The highest BCUT2D eigenvalue weighted by Gasteiger charge is 2.03. The summed E-state index contributed by atoms with van der Waals surface area (Å²) >= 11 is 13.2. The second-order valence-electron chi connectivity index (χ2n) is 3.09. The van der Waals surface area contributed by atoms with Crippen LogP contribution in [0.3, 0.4) is 0 Å². The number of halogens is 2. The Hall–Kier alpha value is -0.770. The lowest BCUT2D eigenvalue weighted by atomic mass is 10.1. The van der Waals surface area contributed by atoms with Gasteiger partial charge in [-0.3, -0.25) is 0 Å². The Morgan fingerprint density at radius 1 is 1.27 bits per heavy atom. The van der Waals surface area contributed by atoms with Crippen LogP contribution in [0.1, 0.15) is 10.4 Å². The lowest BCUT2D eigenvalue weighted by molar-refractivity contribution is 1.22. The smallest absolute Gasteiger partial charge is 0.180 e. The van der Waals surface area contributed by atoms with Crippen molar-refractivity contribution in [2.24, 2.45) is 0 Å². The van der Waals surface area contributed by atoms with E-state index in [1.54, 1.807) is 12.3 Å². The molecule has 78 valence electrons. The van der Waals surface area contributed by atoms with Crippen molar-refractivity contribution in [1.82, 2.24) is 4.98 Å². The number of aromatic nitrogens is 1. The molecular formula is C10H8Cl2N2S. The second-order valence-corrected chi connectivity index (χ2v) is 5.05. The topological polar surface area (TPSA) is 38.9 Å². The van der Waals surface area contributed by atoms with Crippen molar-refractivity contribution in [1.29, 1.82) is 0 Å². The molecule has 5 heteroatoms. The first kappa shape index (κ1) is 10.7. The van der Waals surface area contributed by atoms with E-state index in [9.17, 15) is 0 Å². The fourth-order valence-electron chi connectivity index (χ4n) is 1.26. The first-order valence-corrected chi connectivity index (χ1v) is 5.86. The summed E-state index contributed by atoms with van der Waals surface area (Å²) < 4.78 is 0. The van der Waals surface area contributed by atoms with Crippen molar-refractivity contribution in [3.63, 3.8) is 0 Å². The molecule has 0 aliphatic heterocycles. The van der Waals surface area contributed by atoms with Crippen molar-refractivity contribution in [2.45, 2.75) is 6.42 Å². The first-order valence-electron chi connectivity index (χ1n) is 4.29. The zero-order valence-electron chi connectivity index (χ0n) is 7.71. The van der Waals surface area contributed by atoms with Gasteiger partial charge in [0, 0.05) is 17.5 Å². The summed E-state index contributed by atoms with van der Waals surface area (Å²) in [5, 5.41) is 1.74. The molecular weight excluding hydrogens is 251 g/mol. The third-order valence-corrected chi connectivity index (χ3v) is 3.50. The van der Waals surface area contributed by atoms with Gasteiger partial charge in [0.05, 0.1) is 10.0 Å². The summed E-state index contributed by atoms with van der Waals surface area (Å²) in [6, 6.07) is 5.60. The molecule has 0 saturated carbocycles. The van der Waals surface area contributed by atoms with Gasteiger partial charge in [-0.2, -0.15) is 0 Å². The lowest BCUT2D eigenvalue weighted by Gasteiger charge is -2.00. The summed E-state index contributed by atoms with van der Waals surface area (Å²) in [5.74, 6) is 0. The van der Waals surface area contributed by atoms with E-state index in [2.05, 4.69) is 4.98 Å². The molecule has 0 spiro atoms. The van der Waals surface area contributed by atoms with Crippen LogP contribution in [0.4, 0.5) is 5.13 Å². The molecule has 1 aromatic carbocycles. The van der Waals surface area contributed by atoms with Crippen molar-refractivity contribution < 1.29 is 0 Å². The number of rotatable bonds is 2. The van der Waals surface area contributed by atoms with Crippen molar-refractivity contribution in [3.8, 4) is 0 Å². The Morgan fingerprint density at radius 2 is 2.07 bits per heavy atom. The predicted octanol–water partition coefficient (Wildman–Crippen LogP) is 3.62. The van der Waals surface area contributed by atoms with Crippen LogP contribution in [0.5, 0.6) is 0 Å². The Bertz CT molecular complexity index is 482. The quantitative estimate of drug-likeness (QED) is 0.894. The van der Waals surface area contributed by atoms with E-state index in [4.69, 9.17) is 28.9 Å². The predicted molar refractivity (Wildman–Crippen MR) is 65.8 cm³/mol. The highest BCUT2D eigenvalue weighted by atomic mass is 35.5. The summed E-state index contributed by atoms with van der Waals surface area (Å²) in [5.41, 5.74) is 6.65. The van der Waals surface area contributed by atoms with Crippen LogP contribution in [-0.4, -0.2) is 4.98 Å². The average Bonchev–Trinajstić information content (AvgIpc) is 2.58. The number of nitrogen functional groups attached to an aromatic ring is 1. The number of thiazole rings is 1. The summed E-state index contributed by atoms with van der Waals surface area (Å²) in [4.78, 5) is 5.11. The van der Waals surface area contributed by atoms with E-state index < -0.39 is 0 Å². The molecule has 2 rings (SSSR count). The van der Waals surface area contributed by atoms with Gasteiger partial charge in [0.1, 0.15) is 0 Å². The van der Waals surface area contributed by atoms with Crippen LogP contribution in [0, 0.1) is 0 Å². The number of hydrogen-bond donors (Lipinski definition) is 1. The van der Waals surface area contributed by atoms with Gasteiger partial charge in [-0.05, 0) is 17.7 Å². The third-order valence-electron chi connectivity index (χ3n) is 1.93. The molecule has 0 bridgehead atoms. The normalized spacial score (nSPS) is 10.5. The van der Waals surface area contributed by atoms with E-state index in [-0.39, 0.29) is 0 Å². The highest BCUT2D eigenvalue weighted by molar-refractivity contribution is 7.15. The van der Waals surface area contributed by atoms with Gasteiger partial charge >= 0.3 is 0 Å². The molecule has 1 heterocycles. The van der Waals surface area contributed by atoms with Gasteiger partial charge in [-0.25, -0.2) is 4.98 Å². The van der Waals surface area contributed by atoms with Gasteiger partial charge in [0.15, 0.2) is 5.13 Å². The Balaban J connectivity index is 2.21. The molecule has 0 unspecified atom stereocenters. The minimum absolute atomic E-state index is 0.573. The first-order chi connectivity index (χ1) is 7.15. The molecule has 0 amide bonds. The van der Waals surface area contributed by atoms with E-state index in [1.165, 1.54) is 11.3 Å².